The van der Waals surface area contributed by atoms with Gasteiger partial charge in [0, 0.05) is 38.4 Å². The van der Waals surface area contributed by atoms with Crippen molar-refractivity contribution in [2.75, 3.05) is 13.2 Å². The van der Waals surface area contributed by atoms with E-state index in [-0.39, 0.29) is 18.9 Å². The number of imidazole rings is 1. The van der Waals surface area contributed by atoms with E-state index in [1.165, 1.54) is 0 Å². The number of ether oxygens (including phenoxy) is 1. The normalized spacial score (nSPS) is 10.2. The van der Waals surface area contributed by atoms with E-state index in [0.29, 0.717) is 13.2 Å². The van der Waals surface area contributed by atoms with Crippen LogP contribution in [0, 0.1) is 0 Å². The maximum atomic E-state index is 11.8. The lowest BCUT2D eigenvalue weighted by Crippen LogP contribution is -2.30. The molecule has 0 unspecified atom stereocenters. The van der Waals surface area contributed by atoms with Crippen molar-refractivity contribution in [1.82, 2.24) is 20.2 Å². The fourth-order valence-corrected chi connectivity index (χ4v) is 2.18. The second-order valence-corrected chi connectivity index (χ2v) is 5.23. The van der Waals surface area contributed by atoms with Crippen LogP contribution in [0.25, 0.3) is 0 Å². The number of alkyl carbamates (subject to hydrolysis) is 1. The first-order valence-electron chi connectivity index (χ1n) is 7.88. The molecule has 0 atom stereocenters. The van der Waals surface area contributed by atoms with E-state index in [4.69, 9.17) is 4.74 Å². The summed E-state index contributed by atoms with van der Waals surface area (Å²) in [5.41, 5.74) is 2.17. The molecule has 0 radical (unpaired) electrons. The first-order chi connectivity index (χ1) is 11.7. The van der Waals surface area contributed by atoms with Gasteiger partial charge in [-0.2, -0.15) is 0 Å². The van der Waals surface area contributed by atoms with E-state index in [9.17, 15) is 9.59 Å². The highest BCUT2D eigenvalue weighted by molar-refractivity contribution is 5.77. The molecule has 0 spiro atoms. The zero-order valence-electron chi connectivity index (χ0n) is 13.7. The predicted octanol–water partition coefficient (Wildman–Crippen LogP) is 1.68. The van der Waals surface area contributed by atoms with E-state index in [1.54, 1.807) is 19.4 Å². The average molecular weight is 330 g/mol. The Labute approximate surface area is 141 Å². The summed E-state index contributed by atoms with van der Waals surface area (Å²) in [6.07, 6.45) is 5.13. The van der Waals surface area contributed by atoms with Gasteiger partial charge in [0.25, 0.3) is 0 Å². The van der Waals surface area contributed by atoms with Crippen LogP contribution in [0.4, 0.5) is 4.79 Å². The number of nitrogens with one attached hydrogen (secondary N) is 2. The van der Waals surface area contributed by atoms with Gasteiger partial charge in [-0.1, -0.05) is 24.3 Å². The Kier molecular flexibility index (Phi) is 6.82. The topological polar surface area (TPSA) is 85.2 Å². The molecule has 24 heavy (non-hydrogen) atoms. The third-order valence-corrected chi connectivity index (χ3v) is 3.30. The van der Waals surface area contributed by atoms with Crippen LogP contribution in [0.2, 0.25) is 0 Å². The van der Waals surface area contributed by atoms with Gasteiger partial charge in [-0.3, -0.25) is 4.79 Å². The molecule has 0 aliphatic carbocycles. The third-order valence-electron chi connectivity index (χ3n) is 3.30. The molecule has 0 saturated heterocycles. The third kappa shape index (κ3) is 6.12. The summed E-state index contributed by atoms with van der Waals surface area (Å²) in [4.78, 5) is 26.9. The summed E-state index contributed by atoms with van der Waals surface area (Å²) in [5, 5.41) is 5.36. The second-order valence-electron chi connectivity index (χ2n) is 5.23. The summed E-state index contributed by atoms with van der Waals surface area (Å²) in [7, 11) is 0. The largest absolute Gasteiger partial charge is 0.450 e. The molecule has 1 aromatic heterocycles. The van der Waals surface area contributed by atoms with Gasteiger partial charge in [-0.15, -0.1) is 0 Å². The van der Waals surface area contributed by atoms with Crippen molar-refractivity contribution in [2.45, 2.75) is 26.4 Å². The smallest absolute Gasteiger partial charge is 0.407 e. The zero-order valence-corrected chi connectivity index (χ0v) is 13.7. The van der Waals surface area contributed by atoms with Gasteiger partial charge in [-0.05, 0) is 18.1 Å². The number of hydrogen-bond donors (Lipinski definition) is 2. The Balaban J connectivity index is 1.73. The predicted molar refractivity (Wildman–Crippen MR) is 89.3 cm³/mol. The van der Waals surface area contributed by atoms with Gasteiger partial charge in [-0.25, -0.2) is 9.78 Å². The van der Waals surface area contributed by atoms with E-state index in [0.717, 1.165) is 17.7 Å². The minimum absolute atomic E-state index is 0.119. The van der Waals surface area contributed by atoms with Crippen LogP contribution in [0.15, 0.2) is 43.0 Å². The summed E-state index contributed by atoms with van der Waals surface area (Å²) in [6.45, 7) is 3.49. The molecule has 7 heteroatoms. The molecular formula is C17H22N4O3. The molecule has 2 N–H and O–H groups in total. The standard InChI is InChI=1S/C17H22N4O3/c1-2-24-17(23)19-7-6-16(22)20-11-14-4-3-5-15(10-14)12-21-9-8-18-13-21/h3-5,8-10,13H,2,6-7,11-12H2,1H3,(H,19,23)(H,20,22). The molecule has 0 aliphatic rings. The average Bonchev–Trinajstić information content (AvgIpc) is 3.06. The zero-order chi connectivity index (χ0) is 17.2. The molecule has 2 rings (SSSR count). The Hall–Kier alpha value is -2.83. The van der Waals surface area contributed by atoms with Crippen molar-refractivity contribution < 1.29 is 14.3 Å². The quantitative estimate of drug-likeness (QED) is 0.771. The number of nitrogens with zero attached hydrogens (tertiary/aromatic N) is 2. The number of benzene rings is 1. The van der Waals surface area contributed by atoms with Crippen molar-refractivity contribution in [3.05, 3.63) is 54.1 Å². The number of carbonyl (C=O) groups excluding carboxylic acids is 2. The van der Waals surface area contributed by atoms with E-state index < -0.39 is 6.09 Å². The molecule has 2 amide bonds. The van der Waals surface area contributed by atoms with Crippen LogP contribution in [-0.4, -0.2) is 34.7 Å². The summed E-state index contributed by atoms with van der Waals surface area (Å²) >= 11 is 0. The highest BCUT2D eigenvalue weighted by Gasteiger charge is 2.04. The molecule has 0 bridgehead atoms. The van der Waals surface area contributed by atoms with Gasteiger partial charge < -0.3 is 19.9 Å². The number of rotatable bonds is 8. The number of aromatic nitrogens is 2. The SMILES string of the molecule is CCOC(=O)NCCC(=O)NCc1cccc(Cn2ccnc2)c1. The van der Waals surface area contributed by atoms with Crippen LogP contribution in [-0.2, 0) is 22.6 Å². The molecule has 7 nitrogen and oxygen atoms in total. The first kappa shape index (κ1) is 17.5. The second kappa shape index (κ2) is 9.34. The Morgan fingerprint density at radius 2 is 2.08 bits per heavy atom. The van der Waals surface area contributed by atoms with Gasteiger partial charge in [0.1, 0.15) is 0 Å². The van der Waals surface area contributed by atoms with Crippen molar-refractivity contribution in [1.29, 1.82) is 0 Å². The van der Waals surface area contributed by atoms with Gasteiger partial charge in [0.2, 0.25) is 5.91 Å². The van der Waals surface area contributed by atoms with E-state index >= 15 is 0 Å². The summed E-state index contributed by atoms with van der Waals surface area (Å²) in [5.74, 6) is -0.119. The van der Waals surface area contributed by atoms with Crippen LogP contribution in [0.5, 0.6) is 0 Å². The number of amides is 2. The molecular weight excluding hydrogens is 308 g/mol. The van der Waals surface area contributed by atoms with Crippen molar-refractivity contribution >= 4 is 12.0 Å². The van der Waals surface area contributed by atoms with Crippen LogP contribution in [0.3, 0.4) is 0 Å². The highest BCUT2D eigenvalue weighted by Crippen LogP contribution is 2.07. The van der Waals surface area contributed by atoms with Crippen LogP contribution < -0.4 is 10.6 Å². The Morgan fingerprint density at radius 1 is 1.25 bits per heavy atom. The van der Waals surface area contributed by atoms with E-state index in [2.05, 4.69) is 21.7 Å². The lowest BCUT2D eigenvalue weighted by atomic mass is 10.1. The molecule has 2 aromatic rings. The summed E-state index contributed by atoms with van der Waals surface area (Å²) < 4.78 is 6.71. The van der Waals surface area contributed by atoms with Crippen LogP contribution >= 0.6 is 0 Å². The Morgan fingerprint density at radius 3 is 2.83 bits per heavy atom. The first-order valence-corrected chi connectivity index (χ1v) is 7.88. The lowest BCUT2D eigenvalue weighted by molar-refractivity contribution is -0.121. The Bertz CT molecular complexity index is 656. The van der Waals surface area contributed by atoms with Crippen molar-refractivity contribution in [3.8, 4) is 0 Å². The fourth-order valence-electron chi connectivity index (χ4n) is 2.18. The van der Waals surface area contributed by atoms with Gasteiger partial charge in [0.15, 0.2) is 0 Å². The van der Waals surface area contributed by atoms with Gasteiger partial charge in [0.05, 0.1) is 12.9 Å². The molecule has 1 heterocycles. The maximum absolute atomic E-state index is 11.8. The monoisotopic (exact) mass is 330 g/mol. The fraction of sp³-hybridized carbons (Fsp3) is 0.353. The number of carbonyl (C=O) groups is 2. The number of hydrogen-bond acceptors (Lipinski definition) is 4. The molecule has 1 aromatic carbocycles. The lowest BCUT2D eigenvalue weighted by Gasteiger charge is -2.08. The molecule has 0 aliphatic heterocycles. The van der Waals surface area contributed by atoms with E-state index in [1.807, 2.05) is 29.0 Å². The summed E-state index contributed by atoms with van der Waals surface area (Å²) in [6, 6.07) is 8.02. The van der Waals surface area contributed by atoms with Crippen molar-refractivity contribution in [2.24, 2.45) is 0 Å². The molecule has 0 fully saturated rings. The van der Waals surface area contributed by atoms with Gasteiger partial charge >= 0.3 is 6.09 Å². The highest BCUT2D eigenvalue weighted by atomic mass is 16.5. The minimum Gasteiger partial charge on any atom is -0.450 e. The minimum atomic E-state index is -0.502. The molecule has 128 valence electrons. The van der Waals surface area contributed by atoms with Crippen molar-refractivity contribution in [3.63, 3.8) is 0 Å². The molecule has 0 saturated carbocycles. The van der Waals surface area contributed by atoms with Crippen LogP contribution in [0.1, 0.15) is 24.5 Å². The maximum Gasteiger partial charge on any atom is 0.407 e.